The molecule has 1 aromatic carbocycles. The minimum absolute atomic E-state index is 0.0316. The molecule has 1 aliphatic rings. The van der Waals surface area contributed by atoms with Gasteiger partial charge in [-0.05, 0) is 52.3 Å². The number of sulfonamides is 1. The SMILES string of the molecule is COc1ccc(Cl)cc1S(=O)(=O)N[C@@H]1CC(C)N(C(=O)OC(C)(C)C)C1. The number of hydrogen-bond acceptors (Lipinski definition) is 5. The number of nitrogens with one attached hydrogen (secondary N) is 1. The molecule has 2 atom stereocenters. The molecule has 0 saturated carbocycles. The fraction of sp³-hybridized carbons (Fsp3) is 0.588. The van der Waals surface area contributed by atoms with E-state index in [4.69, 9.17) is 21.1 Å². The zero-order valence-electron chi connectivity index (χ0n) is 15.6. The maximum atomic E-state index is 12.7. The Bertz CT molecular complexity index is 776. The maximum Gasteiger partial charge on any atom is 0.410 e. The first-order valence-corrected chi connectivity index (χ1v) is 10.1. The highest BCUT2D eigenvalue weighted by atomic mass is 35.5. The van der Waals surface area contributed by atoms with Gasteiger partial charge in [0.25, 0.3) is 0 Å². The molecular formula is C17H25ClN2O5S. The lowest BCUT2D eigenvalue weighted by Crippen LogP contribution is -2.41. The summed E-state index contributed by atoms with van der Waals surface area (Å²) in [5, 5.41) is 0.293. The van der Waals surface area contributed by atoms with Crippen LogP contribution in [0.5, 0.6) is 5.75 Å². The molecule has 1 heterocycles. The van der Waals surface area contributed by atoms with Gasteiger partial charge in [0.2, 0.25) is 10.0 Å². The molecule has 0 bridgehead atoms. The molecule has 1 N–H and O–H groups in total. The second kappa shape index (κ2) is 7.62. The summed E-state index contributed by atoms with van der Waals surface area (Å²) < 4.78 is 38.6. The van der Waals surface area contributed by atoms with E-state index in [9.17, 15) is 13.2 Å². The van der Waals surface area contributed by atoms with Gasteiger partial charge in [0.05, 0.1) is 7.11 Å². The molecule has 26 heavy (non-hydrogen) atoms. The van der Waals surface area contributed by atoms with Gasteiger partial charge in [-0.15, -0.1) is 0 Å². The number of carbonyl (C=O) groups excluding carboxylic acids is 1. The average molecular weight is 405 g/mol. The van der Waals surface area contributed by atoms with Crippen molar-refractivity contribution in [1.29, 1.82) is 0 Å². The maximum absolute atomic E-state index is 12.7. The van der Waals surface area contributed by atoms with Gasteiger partial charge in [-0.1, -0.05) is 11.6 Å². The van der Waals surface area contributed by atoms with Gasteiger partial charge >= 0.3 is 6.09 Å². The van der Waals surface area contributed by atoms with Crippen LogP contribution in [0, 0.1) is 0 Å². The summed E-state index contributed by atoms with van der Waals surface area (Å²) in [6, 6.07) is 3.83. The number of nitrogens with zero attached hydrogens (tertiary/aromatic N) is 1. The Hall–Kier alpha value is -1.51. The highest BCUT2D eigenvalue weighted by Gasteiger charge is 2.37. The standard InChI is InChI=1S/C17H25ClN2O5S/c1-11-8-13(10-20(11)16(21)25-17(2,3)4)19-26(22,23)15-9-12(18)6-7-14(15)24-5/h6-7,9,11,13,19H,8,10H2,1-5H3/t11?,13-/m1/s1. The number of carbonyl (C=O) groups is 1. The molecule has 146 valence electrons. The number of hydrogen-bond donors (Lipinski definition) is 1. The Labute approximate surface area is 159 Å². The lowest BCUT2D eigenvalue weighted by molar-refractivity contribution is 0.0236. The summed E-state index contributed by atoms with van der Waals surface area (Å²) in [7, 11) is -2.46. The number of likely N-dealkylation sites (tertiary alicyclic amines) is 1. The molecule has 2 rings (SSSR count). The third kappa shape index (κ3) is 5.02. The lowest BCUT2D eigenvalue weighted by atomic mass is 10.2. The number of methoxy groups -OCH3 is 1. The summed E-state index contributed by atoms with van der Waals surface area (Å²) in [6.45, 7) is 7.46. The van der Waals surface area contributed by atoms with Crippen molar-refractivity contribution in [3.05, 3.63) is 23.2 Å². The summed E-state index contributed by atoms with van der Waals surface area (Å²) >= 11 is 5.93. The van der Waals surface area contributed by atoms with Gasteiger partial charge in [-0.3, -0.25) is 0 Å². The number of rotatable bonds is 4. The van der Waals surface area contributed by atoms with Crippen molar-refractivity contribution in [3.8, 4) is 5.75 Å². The topological polar surface area (TPSA) is 84.9 Å². The molecule has 0 aliphatic carbocycles. The number of benzene rings is 1. The Kier molecular flexibility index (Phi) is 6.09. The van der Waals surface area contributed by atoms with Crippen molar-refractivity contribution in [1.82, 2.24) is 9.62 Å². The van der Waals surface area contributed by atoms with E-state index in [-0.39, 0.29) is 23.2 Å². The van der Waals surface area contributed by atoms with E-state index in [1.165, 1.54) is 24.1 Å². The average Bonchev–Trinajstić information content (AvgIpc) is 2.85. The van der Waals surface area contributed by atoms with E-state index >= 15 is 0 Å². The lowest BCUT2D eigenvalue weighted by Gasteiger charge is -2.27. The van der Waals surface area contributed by atoms with E-state index in [1.807, 2.05) is 6.92 Å². The van der Waals surface area contributed by atoms with Gasteiger partial charge in [0.15, 0.2) is 0 Å². The Morgan fingerprint density at radius 3 is 2.58 bits per heavy atom. The minimum Gasteiger partial charge on any atom is -0.495 e. The highest BCUT2D eigenvalue weighted by Crippen LogP contribution is 2.28. The van der Waals surface area contributed by atoms with Gasteiger partial charge in [0, 0.05) is 23.7 Å². The van der Waals surface area contributed by atoms with E-state index in [0.29, 0.717) is 11.4 Å². The van der Waals surface area contributed by atoms with Crippen LogP contribution >= 0.6 is 11.6 Å². The minimum atomic E-state index is -3.85. The molecular weight excluding hydrogens is 380 g/mol. The normalized spacial score (nSPS) is 20.9. The molecule has 0 spiro atoms. The van der Waals surface area contributed by atoms with Gasteiger partial charge < -0.3 is 14.4 Å². The van der Waals surface area contributed by atoms with Crippen molar-refractivity contribution < 1.29 is 22.7 Å². The van der Waals surface area contributed by atoms with Crippen LogP contribution in [0.2, 0.25) is 5.02 Å². The Morgan fingerprint density at radius 1 is 1.35 bits per heavy atom. The Morgan fingerprint density at radius 2 is 2.00 bits per heavy atom. The second-order valence-corrected chi connectivity index (χ2v) is 9.45. The van der Waals surface area contributed by atoms with Crippen LogP contribution in [0.15, 0.2) is 23.1 Å². The first-order chi connectivity index (χ1) is 11.9. The summed E-state index contributed by atoms with van der Waals surface area (Å²) in [5.41, 5.74) is -0.609. The molecule has 7 nitrogen and oxygen atoms in total. The zero-order chi connectivity index (χ0) is 19.7. The predicted octanol–water partition coefficient (Wildman–Crippen LogP) is 3.02. The number of ether oxygens (including phenoxy) is 2. The monoisotopic (exact) mass is 404 g/mol. The van der Waals surface area contributed by atoms with E-state index in [2.05, 4.69) is 4.72 Å². The van der Waals surface area contributed by atoms with E-state index < -0.39 is 27.8 Å². The largest absolute Gasteiger partial charge is 0.495 e. The first-order valence-electron chi connectivity index (χ1n) is 8.28. The van der Waals surface area contributed by atoms with Crippen molar-refractivity contribution in [2.24, 2.45) is 0 Å². The third-order valence-electron chi connectivity index (χ3n) is 3.94. The van der Waals surface area contributed by atoms with Crippen molar-refractivity contribution in [2.45, 2.75) is 56.7 Å². The summed E-state index contributed by atoms with van der Waals surface area (Å²) in [6.07, 6.45) is 0.0356. The molecule has 1 aliphatic heterocycles. The van der Waals surface area contributed by atoms with Crippen LogP contribution in [0.1, 0.15) is 34.1 Å². The van der Waals surface area contributed by atoms with Gasteiger partial charge in [0.1, 0.15) is 16.2 Å². The quantitative estimate of drug-likeness (QED) is 0.833. The molecule has 1 saturated heterocycles. The van der Waals surface area contributed by atoms with Gasteiger partial charge in [-0.25, -0.2) is 17.9 Å². The number of amides is 1. The molecule has 1 amide bonds. The van der Waals surface area contributed by atoms with Crippen LogP contribution in [0.3, 0.4) is 0 Å². The van der Waals surface area contributed by atoms with Crippen LogP contribution in [-0.4, -0.2) is 50.8 Å². The fourth-order valence-electron chi connectivity index (χ4n) is 2.83. The molecule has 0 radical (unpaired) electrons. The van der Waals surface area contributed by atoms with Crippen molar-refractivity contribution in [2.75, 3.05) is 13.7 Å². The third-order valence-corrected chi connectivity index (χ3v) is 5.72. The van der Waals surface area contributed by atoms with Crippen molar-refractivity contribution in [3.63, 3.8) is 0 Å². The van der Waals surface area contributed by atoms with Gasteiger partial charge in [-0.2, -0.15) is 0 Å². The number of halogens is 1. The molecule has 9 heteroatoms. The van der Waals surface area contributed by atoms with Crippen LogP contribution in [0.4, 0.5) is 4.79 Å². The van der Waals surface area contributed by atoms with Crippen LogP contribution < -0.4 is 9.46 Å². The fourth-order valence-corrected chi connectivity index (χ4v) is 4.51. The first kappa shape index (κ1) is 20.8. The van der Waals surface area contributed by atoms with Crippen LogP contribution in [0.25, 0.3) is 0 Å². The van der Waals surface area contributed by atoms with E-state index in [1.54, 1.807) is 26.8 Å². The molecule has 1 aromatic rings. The second-order valence-electron chi connectivity index (χ2n) is 7.33. The predicted molar refractivity (Wildman–Crippen MR) is 99.1 cm³/mol. The molecule has 1 fully saturated rings. The van der Waals surface area contributed by atoms with Crippen molar-refractivity contribution >= 4 is 27.7 Å². The summed E-state index contributed by atoms with van der Waals surface area (Å²) in [5.74, 6) is 0.206. The Balaban J connectivity index is 2.14. The van der Waals surface area contributed by atoms with E-state index in [0.717, 1.165) is 0 Å². The summed E-state index contributed by atoms with van der Waals surface area (Å²) in [4.78, 5) is 13.8. The zero-order valence-corrected chi connectivity index (χ0v) is 17.1. The molecule has 1 unspecified atom stereocenters. The smallest absolute Gasteiger partial charge is 0.410 e. The molecule has 0 aromatic heterocycles. The highest BCUT2D eigenvalue weighted by molar-refractivity contribution is 7.89. The van der Waals surface area contributed by atoms with Crippen LogP contribution in [-0.2, 0) is 14.8 Å².